The Bertz CT molecular complexity index is 992. The molecule has 1 N–H and O–H groups in total. The van der Waals surface area contributed by atoms with Crippen LogP contribution in [0.5, 0.6) is 0 Å². The largest absolute Gasteiger partial charge is 0.379 e. The third-order valence-electron chi connectivity index (χ3n) is 5.18. The van der Waals surface area contributed by atoms with E-state index in [1.54, 1.807) is 30.6 Å². The molecule has 0 atom stereocenters. The standard InChI is InChI=1S/C22H30N4O4S2/c1-3-25(4-2)21-8-7-19(32(28,29)26-10-12-30-13-11-26)14-20(21)24-22(27)17-31-16-18-6-5-9-23-15-18/h5-9,14-15H,3-4,10-13,16-17H2,1-2H3,(H,24,27). The van der Waals surface area contributed by atoms with Crippen LogP contribution in [0, 0.1) is 0 Å². The second-order valence-electron chi connectivity index (χ2n) is 7.27. The van der Waals surface area contributed by atoms with E-state index in [1.165, 1.54) is 16.1 Å². The van der Waals surface area contributed by atoms with Crippen molar-refractivity contribution in [3.05, 3.63) is 48.3 Å². The lowest BCUT2D eigenvalue weighted by atomic mass is 10.2. The molecule has 1 fully saturated rings. The third kappa shape index (κ3) is 6.22. The monoisotopic (exact) mass is 478 g/mol. The Balaban J connectivity index is 1.77. The molecule has 0 bridgehead atoms. The molecule has 10 heteroatoms. The van der Waals surface area contributed by atoms with E-state index in [0.717, 1.165) is 24.3 Å². The first-order valence-electron chi connectivity index (χ1n) is 10.7. The number of thioether (sulfide) groups is 1. The first kappa shape index (κ1) is 24.5. The number of benzene rings is 1. The Hall–Kier alpha value is -2.14. The maximum absolute atomic E-state index is 13.1. The lowest BCUT2D eigenvalue weighted by Gasteiger charge is -2.28. The van der Waals surface area contributed by atoms with Crippen LogP contribution in [0.25, 0.3) is 0 Å². The van der Waals surface area contributed by atoms with E-state index in [9.17, 15) is 13.2 Å². The van der Waals surface area contributed by atoms with Gasteiger partial charge in [0.15, 0.2) is 0 Å². The zero-order valence-electron chi connectivity index (χ0n) is 18.5. The molecule has 1 aromatic heterocycles. The van der Waals surface area contributed by atoms with Crippen LogP contribution in [0.4, 0.5) is 11.4 Å². The summed E-state index contributed by atoms with van der Waals surface area (Å²) in [5, 5.41) is 2.94. The van der Waals surface area contributed by atoms with Crippen LogP contribution in [0.2, 0.25) is 0 Å². The summed E-state index contributed by atoms with van der Waals surface area (Å²) in [4.78, 5) is 19.0. The zero-order chi connectivity index (χ0) is 23.0. The molecule has 8 nitrogen and oxygen atoms in total. The lowest BCUT2D eigenvalue weighted by Crippen LogP contribution is -2.40. The van der Waals surface area contributed by atoms with Crippen LogP contribution in [-0.4, -0.2) is 68.8 Å². The molecule has 1 saturated heterocycles. The number of hydrogen-bond acceptors (Lipinski definition) is 7. The molecule has 0 spiro atoms. The van der Waals surface area contributed by atoms with Gasteiger partial charge in [-0.15, -0.1) is 11.8 Å². The van der Waals surface area contributed by atoms with Crippen molar-refractivity contribution in [3.8, 4) is 0 Å². The molecular weight excluding hydrogens is 448 g/mol. The molecule has 32 heavy (non-hydrogen) atoms. The van der Waals surface area contributed by atoms with E-state index in [-0.39, 0.29) is 16.6 Å². The van der Waals surface area contributed by atoms with Gasteiger partial charge in [0.1, 0.15) is 0 Å². The number of nitrogens with one attached hydrogen (secondary N) is 1. The summed E-state index contributed by atoms with van der Waals surface area (Å²) in [5.41, 5.74) is 2.37. The van der Waals surface area contributed by atoms with E-state index >= 15 is 0 Å². The van der Waals surface area contributed by atoms with Gasteiger partial charge in [0.05, 0.1) is 35.2 Å². The molecule has 1 aromatic carbocycles. The van der Waals surface area contributed by atoms with Crippen LogP contribution in [0.15, 0.2) is 47.6 Å². The Labute approximate surface area is 194 Å². The molecule has 0 saturated carbocycles. The van der Waals surface area contributed by atoms with Crippen molar-refractivity contribution in [1.82, 2.24) is 9.29 Å². The maximum atomic E-state index is 13.1. The van der Waals surface area contributed by atoms with Crippen molar-refractivity contribution in [2.24, 2.45) is 0 Å². The number of carbonyl (C=O) groups is 1. The molecule has 1 aliphatic rings. The molecule has 1 amide bonds. The Morgan fingerprint density at radius 1 is 1.22 bits per heavy atom. The van der Waals surface area contributed by atoms with Crippen molar-refractivity contribution in [1.29, 1.82) is 0 Å². The van der Waals surface area contributed by atoms with Gasteiger partial charge in [-0.05, 0) is 43.7 Å². The summed E-state index contributed by atoms with van der Waals surface area (Å²) in [5.74, 6) is 0.760. The molecule has 1 aliphatic heterocycles. The maximum Gasteiger partial charge on any atom is 0.243 e. The van der Waals surface area contributed by atoms with Gasteiger partial charge in [-0.2, -0.15) is 4.31 Å². The molecule has 0 radical (unpaired) electrons. The van der Waals surface area contributed by atoms with Crippen molar-refractivity contribution >= 4 is 39.1 Å². The van der Waals surface area contributed by atoms with Gasteiger partial charge in [-0.25, -0.2) is 8.42 Å². The summed E-state index contributed by atoms with van der Waals surface area (Å²) in [6.07, 6.45) is 3.50. The number of amides is 1. The number of nitrogens with zero attached hydrogens (tertiary/aromatic N) is 3. The van der Waals surface area contributed by atoms with Crippen LogP contribution in [-0.2, 0) is 25.3 Å². The van der Waals surface area contributed by atoms with Crippen LogP contribution >= 0.6 is 11.8 Å². The minimum absolute atomic E-state index is 0.173. The molecule has 0 aliphatic carbocycles. The number of hydrogen-bond donors (Lipinski definition) is 1. The third-order valence-corrected chi connectivity index (χ3v) is 8.08. The first-order chi connectivity index (χ1) is 15.5. The van der Waals surface area contributed by atoms with E-state index in [1.807, 2.05) is 26.0 Å². The molecular formula is C22H30N4O4S2. The number of pyridine rings is 1. The van der Waals surface area contributed by atoms with Gasteiger partial charge < -0.3 is 15.0 Å². The summed E-state index contributed by atoms with van der Waals surface area (Å²) in [6.45, 7) is 6.95. The van der Waals surface area contributed by atoms with Gasteiger partial charge >= 0.3 is 0 Å². The first-order valence-corrected chi connectivity index (χ1v) is 13.3. The summed E-state index contributed by atoms with van der Waals surface area (Å²) in [7, 11) is -3.66. The smallest absolute Gasteiger partial charge is 0.243 e. The van der Waals surface area contributed by atoms with E-state index in [2.05, 4.69) is 15.2 Å². The van der Waals surface area contributed by atoms with Crippen molar-refractivity contribution in [3.63, 3.8) is 0 Å². The summed E-state index contributed by atoms with van der Waals surface area (Å²) >= 11 is 1.49. The van der Waals surface area contributed by atoms with Gasteiger partial charge in [0, 0.05) is 44.3 Å². The number of anilines is 2. The normalized spacial score (nSPS) is 14.8. The number of rotatable bonds is 10. The minimum Gasteiger partial charge on any atom is -0.379 e. The van der Waals surface area contributed by atoms with Crippen molar-refractivity contribution in [2.45, 2.75) is 24.5 Å². The SMILES string of the molecule is CCN(CC)c1ccc(S(=O)(=O)N2CCOCC2)cc1NC(=O)CSCc1cccnc1. The van der Waals surface area contributed by atoms with E-state index in [0.29, 0.717) is 37.7 Å². The highest BCUT2D eigenvalue weighted by atomic mass is 32.2. The van der Waals surface area contributed by atoms with Gasteiger partial charge in [-0.1, -0.05) is 6.07 Å². The van der Waals surface area contributed by atoms with Crippen molar-refractivity contribution < 1.29 is 17.9 Å². The Morgan fingerprint density at radius 2 is 1.97 bits per heavy atom. The average Bonchev–Trinajstić information content (AvgIpc) is 2.82. The molecule has 2 heterocycles. The Kier molecular flexibility index (Phi) is 8.92. The number of morpholine rings is 1. The number of aromatic nitrogens is 1. The predicted octanol–water partition coefficient (Wildman–Crippen LogP) is 2.82. The Morgan fingerprint density at radius 3 is 2.62 bits per heavy atom. The van der Waals surface area contributed by atoms with E-state index in [4.69, 9.17) is 4.74 Å². The molecule has 0 unspecified atom stereocenters. The topological polar surface area (TPSA) is 91.8 Å². The number of ether oxygens (including phenoxy) is 1. The highest BCUT2D eigenvalue weighted by Gasteiger charge is 2.27. The average molecular weight is 479 g/mol. The summed E-state index contributed by atoms with van der Waals surface area (Å²) < 4.78 is 32.9. The molecule has 3 rings (SSSR count). The highest BCUT2D eigenvalue weighted by Crippen LogP contribution is 2.30. The van der Waals surface area contributed by atoms with E-state index < -0.39 is 10.0 Å². The van der Waals surface area contributed by atoms with Crippen molar-refractivity contribution in [2.75, 3.05) is 55.4 Å². The predicted molar refractivity (Wildman–Crippen MR) is 129 cm³/mol. The highest BCUT2D eigenvalue weighted by molar-refractivity contribution is 7.99. The fourth-order valence-corrected chi connectivity index (χ4v) is 5.68. The van der Waals surface area contributed by atoms with Gasteiger partial charge in [0.2, 0.25) is 15.9 Å². The number of carbonyl (C=O) groups excluding carboxylic acids is 1. The van der Waals surface area contributed by atoms with Crippen LogP contribution in [0.1, 0.15) is 19.4 Å². The zero-order valence-corrected chi connectivity index (χ0v) is 20.1. The second-order valence-corrected chi connectivity index (χ2v) is 10.2. The lowest BCUT2D eigenvalue weighted by molar-refractivity contribution is -0.113. The fraction of sp³-hybridized carbons (Fsp3) is 0.455. The van der Waals surface area contributed by atoms with Crippen LogP contribution < -0.4 is 10.2 Å². The molecule has 2 aromatic rings. The minimum atomic E-state index is -3.66. The number of sulfonamides is 1. The summed E-state index contributed by atoms with van der Waals surface area (Å²) in [6, 6.07) is 8.80. The quantitative estimate of drug-likeness (QED) is 0.561. The fourth-order valence-electron chi connectivity index (χ4n) is 3.48. The van der Waals surface area contributed by atoms with Gasteiger partial charge in [0.25, 0.3) is 0 Å². The van der Waals surface area contributed by atoms with Crippen LogP contribution in [0.3, 0.4) is 0 Å². The molecule has 174 valence electrons. The van der Waals surface area contributed by atoms with Gasteiger partial charge in [-0.3, -0.25) is 9.78 Å². The second kappa shape index (κ2) is 11.6.